The monoisotopic (exact) mass is 483 g/mol. The van der Waals surface area contributed by atoms with Crippen LogP contribution in [0.15, 0.2) is 60.8 Å². The van der Waals surface area contributed by atoms with E-state index < -0.39 is 0 Å². The first-order valence-corrected chi connectivity index (χ1v) is 11.6. The van der Waals surface area contributed by atoms with Crippen molar-refractivity contribution in [1.82, 2.24) is 10.3 Å². The predicted molar refractivity (Wildman–Crippen MR) is 134 cm³/mol. The van der Waals surface area contributed by atoms with Gasteiger partial charge >= 0.3 is 0 Å². The number of benzene rings is 2. The Hall–Kier alpha value is -3.29. The summed E-state index contributed by atoms with van der Waals surface area (Å²) in [6, 6.07) is 16.7. The summed E-state index contributed by atoms with van der Waals surface area (Å²) in [4.78, 5) is 16.4. The molecule has 2 aromatic carbocycles. The van der Waals surface area contributed by atoms with E-state index >= 15 is 0 Å². The second kappa shape index (κ2) is 13.4. The van der Waals surface area contributed by atoms with E-state index in [1.165, 1.54) is 0 Å². The minimum Gasteiger partial charge on any atom is -0.490 e. The quantitative estimate of drug-likeness (QED) is 0.332. The van der Waals surface area contributed by atoms with E-state index in [-0.39, 0.29) is 12.5 Å². The van der Waals surface area contributed by atoms with Crippen molar-refractivity contribution < 1.29 is 19.0 Å². The highest BCUT2D eigenvalue weighted by Crippen LogP contribution is 2.33. The fourth-order valence-corrected chi connectivity index (χ4v) is 3.32. The van der Waals surface area contributed by atoms with Crippen LogP contribution in [-0.4, -0.2) is 37.3 Å². The fraction of sp³-hybridized carbons (Fsp3) is 0.308. The van der Waals surface area contributed by atoms with E-state index in [1.54, 1.807) is 12.3 Å². The summed E-state index contributed by atoms with van der Waals surface area (Å²) in [5.74, 6) is 1.33. The van der Waals surface area contributed by atoms with Gasteiger partial charge in [0.25, 0.3) is 5.91 Å². The molecule has 8 heteroatoms. The van der Waals surface area contributed by atoms with Crippen molar-refractivity contribution in [3.63, 3.8) is 0 Å². The number of ether oxygens (including phenoxy) is 3. The standard InChI is InChI=1S/C26H30ClN3O4/c1-3-32-23-15-20(17-28-12-6-14-33-26-7-4-5-13-29-26)22(27)16-24(23)34-18-25(31)30-21-10-8-19(2)9-11-21/h4-5,7-11,13,15-16,28H,3,6,12,14,17-18H2,1-2H3,(H,30,31). The van der Waals surface area contributed by atoms with Gasteiger partial charge in [0.1, 0.15) is 0 Å². The molecule has 0 atom stereocenters. The average Bonchev–Trinajstić information content (AvgIpc) is 2.84. The Bertz CT molecular complexity index is 1050. The van der Waals surface area contributed by atoms with Crippen LogP contribution in [0, 0.1) is 6.92 Å². The smallest absolute Gasteiger partial charge is 0.262 e. The van der Waals surface area contributed by atoms with Gasteiger partial charge in [-0.2, -0.15) is 0 Å². The molecule has 1 heterocycles. The van der Waals surface area contributed by atoms with Crippen LogP contribution >= 0.6 is 11.6 Å². The Morgan fingerprint density at radius 2 is 1.82 bits per heavy atom. The summed E-state index contributed by atoms with van der Waals surface area (Å²) in [7, 11) is 0. The Morgan fingerprint density at radius 1 is 1.03 bits per heavy atom. The molecule has 0 aliphatic heterocycles. The number of anilines is 1. The van der Waals surface area contributed by atoms with Crippen LogP contribution < -0.4 is 24.8 Å². The van der Waals surface area contributed by atoms with Gasteiger partial charge in [-0.05, 0) is 56.6 Å². The highest BCUT2D eigenvalue weighted by Gasteiger charge is 2.13. The van der Waals surface area contributed by atoms with Gasteiger partial charge < -0.3 is 24.8 Å². The zero-order valence-corrected chi connectivity index (χ0v) is 20.2. The molecule has 180 valence electrons. The van der Waals surface area contributed by atoms with Crippen molar-refractivity contribution in [3.8, 4) is 17.4 Å². The van der Waals surface area contributed by atoms with E-state index in [4.69, 9.17) is 25.8 Å². The van der Waals surface area contributed by atoms with Crippen molar-refractivity contribution in [2.45, 2.75) is 26.8 Å². The third-order valence-electron chi connectivity index (χ3n) is 4.81. The van der Waals surface area contributed by atoms with E-state index in [9.17, 15) is 4.79 Å². The molecular weight excluding hydrogens is 454 g/mol. The molecule has 1 aromatic heterocycles. The van der Waals surface area contributed by atoms with Gasteiger partial charge in [-0.1, -0.05) is 35.4 Å². The number of carbonyl (C=O) groups is 1. The molecular formula is C26H30ClN3O4. The van der Waals surface area contributed by atoms with Gasteiger partial charge in [0.2, 0.25) is 5.88 Å². The number of amides is 1. The number of halogens is 1. The van der Waals surface area contributed by atoms with Gasteiger partial charge in [0.15, 0.2) is 18.1 Å². The van der Waals surface area contributed by atoms with Crippen LogP contribution in [0.2, 0.25) is 5.02 Å². The Labute approximate surface area is 205 Å². The molecule has 0 unspecified atom stereocenters. The van der Waals surface area contributed by atoms with Crippen molar-refractivity contribution in [2.75, 3.05) is 31.7 Å². The number of carbonyl (C=O) groups excluding carboxylic acids is 1. The molecule has 3 rings (SSSR count). The fourth-order valence-electron chi connectivity index (χ4n) is 3.10. The summed E-state index contributed by atoms with van der Waals surface area (Å²) in [6.45, 7) is 6.08. The third kappa shape index (κ3) is 8.24. The van der Waals surface area contributed by atoms with Gasteiger partial charge in [-0.3, -0.25) is 4.79 Å². The first-order valence-electron chi connectivity index (χ1n) is 11.2. The Morgan fingerprint density at radius 3 is 2.56 bits per heavy atom. The lowest BCUT2D eigenvalue weighted by Crippen LogP contribution is -2.20. The maximum atomic E-state index is 12.3. The first-order chi connectivity index (χ1) is 16.5. The lowest BCUT2D eigenvalue weighted by atomic mass is 10.2. The minimum absolute atomic E-state index is 0.155. The molecule has 34 heavy (non-hydrogen) atoms. The van der Waals surface area contributed by atoms with E-state index in [0.717, 1.165) is 24.1 Å². The largest absolute Gasteiger partial charge is 0.490 e. The maximum absolute atomic E-state index is 12.3. The topological polar surface area (TPSA) is 81.7 Å². The molecule has 3 aromatic rings. The van der Waals surface area contributed by atoms with Crippen LogP contribution in [0.5, 0.6) is 17.4 Å². The molecule has 0 saturated heterocycles. The van der Waals surface area contributed by atoms with Crippen LogP contribution in [0.25, 0.3) is 0 Å². The van der Waals surface area contributed by atoms with E-state index in [1.807, 2.05) is 62.4 Å². The number of pyridine rings is 1. The minimum atomic E-state index is -0.263. The summed E-state index contributed by atoms with van der Waals surface area (Å²) < 4.78 is 17.0. The number of hydrogen-bond donors (Lipinski definition) is 2. The molecule has 0 saturated carbocycles. The summed E-state index contributed by atoms with van der Waals surface area (Å²) >= 11 is 6.47. The van der Waals surface area contributed by atoms with Crippen molar-refractivity contribution in [2.24, 2.45) is 0 Å². The lowest BCUT2D eigenvalue weighted by Gasteiger charge is -2.15. The second-order valence-corrected chi connectivity index (χ2v) is 7.98. The molecule has 7 nitrogen and oxygen atoms in total. The zero-order valence-electron chi connectivity index (χ0n) is 19.5. The molecule has 0 aliphatic carbocycles. The molecule has 0 spiro atoms. The van der Waals surface area contributed by atoms with Crippen LogP contribution in [0.1, 0.15) is 24.5 Å². The van der Waals surface area contributed by atoms with Crippen LogP contribution in [0.3, 0.4) is 0 Å². The number of nitrogens with one attached hydrogen (secondary N) is 2. The van der Waals surface area contributed by atoms with Crippen molar-refractivity contribution in [3.05, 3.63) is 76.9 Å². The molecule has 0 aliphatic rings. The summed E-state index contributed by atoms with van der Waals surface area (Å²) in [5, 5.41) is 6.70. The number of rotatable bonds is 13. The van der Waals surface area contributed by atoms with Gasteiger partial charge in [-0.15, -0.1) is 0 Å². The van der Waals surface area contributed by atoms with Gasteiger partial charge in [0.05, 0.1) is 13.2 Å². The van der Waals surface area contributed by atoms with E-state index in [2.05, 4.69) is 15.6 Å². The summed E-state index contributed by atoms with van der Waals surface area (Å²) in [5.41, 5.74) is 2.72. The SMILES string of the molecule is CCOc1cc(CNCCCOc2ccccn2)c(Cl)cc1OCC(=O)Nc1ccc(C)cc1. The number of nitrogens with zero attached hydrogens (tertiary/aromatic N) is 1. The van der Waals surface area contributed by atoms with Crippen molar-refractivity contribution >= 4 is 23.2 Å². The molecule has 0 bridgehead atoms. The van der Waals surface area contributed by atoms with Gasteiger partial charge in [0, 0.05) is 35.6 Å². The molecule has 1 amide bonds. The average molecular weight is 484 g/mol. The predicted octanol–water partition coefficient (Wildman–Crippen LogP) is 5.02. The number of aromatic nitrogens is 1. The molecule has 0 radical (unpaired) electrons. The Kier molecular flexibility index (Phi) is 10.0. The molecule has 2 N–H and O–H groups in total. The third-order valence-corrected chi connectivity index (χ3v) is 5.16. The normalized spacial score (nSPS) is 10.6. The van der Waals surface area contributed by atoms with Crippen LogP contribution in [-0.2, 0) is 11.3 Å². The Balaban J connectivity index is 1.48. The highest BCUT2D eigenvalue weighted by atomic mass is 35.5. The number of aryl methyl sites for hydroxylation is 1. The maximum Gasteiger partial charge on any atom is 0.262 e. The first kappa shape index (κ1) is 25.3. The summed E-state index contributed by atoms with van der Waals surface area (Å²) in [6.07, 6.45) is 2.53. The van der Waals surface area contributed by atoms with Gasteiger partial charge in [-0.25, -0.2) is 4.98 Å². The zero-order chi connectivity index (χ0) is 24.2. The lowest BCUT2D eigenvalue weighted by molar-refractivity contribution is -0.118. The molecule has 0 fully saturated rings. The van der Waals surface area contributed by atoms with Crippen LogP contribution in [0.4, 0.5) is 5.69 Å². The van der Waals surface area contributed by atoms with E-state index in [0.29, 0.717) is 47.8 Å². The highest BCUT2D eigenvalue weighted by molar-refractivity contribution is 6.31. The van der Waals surface area contributed by atoms with Crippen molar-refractivity contribution in [1.29, 1.82) is 0 Å². The second-order valence-electron chi connectivity index (χ2n) is 7.57. The number of hydrogen-bond acceptors (Lipinski definition) is 6.